The third-order valence-corrected chi connectivity index (χ3v) is 11.3. The maximum absolute atomic E-state index is 14.2. The van der Waals surface area contributed by atoms with Gasteiger partial charge in [-0.25, -0.2) is 0 Å². The van der Waals surface area contributed by atoms with Gasteiger partial charge in [0.25, 0.3) is 0 Å². The van der Waals surface area contributed by atoms with Crippen LogP contribution in [-0.4, -0.2) is 131 Å². The third-order valence-electron chi connectivity index (χ3n) is 11.3. The highest BCUT2D eigenvalue weighted by molar-refractivity contribution is 5.97. The highest BCUT2D eigenvalue weighted by Crippen LogP contribution is 2.29. The zero-order valence-electron chi connectivity index (χ0n) is 31.6. The average molecular weight is 671 g/mol. The van der Waals surface area contributed by atoms with E-state index in [1.54, 1.807) is 16.8 Å². The van der Waals surface area contributed by atoms with E-state index < -0.39 is 17.5 Å². The summed E-state index contributed by atoms with van der Waals surface area (Å²) in [5, 5.41) is 3.17. The Balaban J connectivity index is 1.47. The highest BCUT2D eigenvalue weighted by atomic mass is 16.2. The summed E-state index contributed by atoms with van der Waals surface area (Å²) in [6.07, 6.45) is 10.8. The molecular formula is C38H66N6O4. The smallest absolute Gasteiger partial charge is 0.249 e. The summed E-state index contributed by atoms with van der Waals surface area (Å²) in [6.45, 7) is 21.5. The molecular weight excluding hydrogens is 604 g/mol. The Kier molecular flexibility index (Phi) is 13.2. The summed E-state index contributed by atoms with van der Waals surface area (Å²) in [6, 6.07) is -1.26. The summed E-state index contributed by atoms with van der Waals surface area (Å²) < 4.78 is 0. The van der Waals surface area contributed by atoms with Gasteiger partial charge in [0.15, 0.2) is 0 Å². The molecule has 0 bridgehead atoms. The monoisotopic (exact) mass is 671 g/mol. The summed E-state index contributed by atoms with van der Waals surface area (Å²) >= 11 is 0. The first-order valence-corrected chi connectivity index (χ1v) is 19.0. The van der Waals surface area contributed by atoms with Crippen molar-refractivity contribution in [2.24, 2.45) is 11.3 Å². The number of nitrogens with one attached hydrogen (secondary N) is 1. The van der Waals surface area contributed by atoms with Crippen LogP contribution in [0.4, 0.5) is 0 Å². The molecule has 4 aliphatic heterocycles. The van der Waals surface area contributed by atoms with E-state index in [1.807, 2.05) is 47.6 Å². The van der Waals surface area contributed by atoms with Crippen molar-refractivity contribution in [3.63, 3.8) is 0 Å². The lowest BCUT2D eigenvalue weighted by Gasteiger charge is -2.41. The first-order chi connectivity index (χ1) is 22.6. The van der Waals surface area contributed by atoms with E-state index in [2.05, 4.69) is 33.9 Å². The molecule has 1 N–H and O–H groups in total. The number of carbonyl (C=O) groups is 4. The first kappa shape index (κ1) is 38.3. The average Bonchev–Trinajstić information content (AvgIpc) is 3.83. The minimum Gasteiger partial charge on any atom is -0.342 e. The van der Waals surface area contributed by atoms with Crippen LogP contribution < -0.4 is 5.32 Å². The normalized spacial score (nSPS) is 26.0. The summed E-state index contributed by atoms with van der Waals surface area (Å²) in [5.74, 6) is -0.247. The van der Waals surface area contributed by atoms with E-state index in [1.165, 1.54) is 12.8 Å². The highest BCUT2D eigenvalue weighted by Gasteiger charge is 2.42. The van der Waals surface area contributed by atoms with Gasteiger partial charge in [-0.15, -0.1) is 0 Å². The lowest BCUT2D eigenvalue weighted by Crippen LogP contribution is -2.60. The second-order valence-corrected chi connectivity index (χ2v) is 16.7. The van der Waals surface area contributed by atoms with Crippen molar-refractivity contribution in [3.8, 4) is 0 Å². The molecule has 0 aromatic carbocycles. The van der Waals surface area contributed by atoms with Gasteiger partial charge in [-0.2, -0.15) is 0 Å². The zero-order chi connectivity index (χ0) is 35.3. The van der Waals surface area contributed by atoms with Crippen LogP contribution in [-0.2, 0) is 19.2 Å². The number of likely N-dealkylation sites (N-methyl/N-ethyl adjacent to an activating group) is 1. The van der Waals surface area contributed by atoms with Gasteiger partial charge >= 0.3 is 0 Å². The van der Waals surface area contributed by atoms with Gasteiger partial charge in [-0.3, -0.25) is 24.1 Å². The van der Waals surface area contributed by atoms with E-state index in [9.17, 15) is 19.2 Å². The van der Waals surface area contributed by atoms with Gasteiger partial charge in [0.05, 0.1) is 12.1 Å². The Hall–Kier alpha value is -2.46. The fourth-order valence-electron chi connectivity index (χ4n) is 8.43. The minimum atomic E-state index is -0.717. The number of rotatable bonds is 11. The van der Waals surface area contributed by atoms with Gasteiger partial charge in [0, 0.05) is 44.3 Å². The lowest BCUT2D eigenvalue weighted by atomic mass is 9.84. The molecule has 4 amide bonds. The van der Waals surface area contributed by atoms with Crippen molar-refractivity contribution in [1.29, 1.82) is 0 Å². The van der Waals surface area contributed by atoms with E-state index in [-0.39, 0.29) is 53.7 Å². The summed E-state index contributed by atoms with van der Waals surface area (Å²) in [4.78, 5) is 66.1. The van der Waals surface area contributed by atoms with Gasteiger partial charge in [-0.1, -0.05) is 47.1 Å². The van der Waals surface area contributed by atoms with Crippen molar-refractivity contribution in [2.75, 3.05) is 46.3 Å². The number of likely N-dealkylation sites (tertiary alicyclic amines) is 4. The Labute approximate surface area is 291 Å². The Morgan fingerprint density at radius 3 is 2.04 bits per heavy atom. The number of piperidine rings is 1. The molecule has 0 aliphatic carbocycles. The van der Waals surface area contributed by atoms with Gasteiger partial charge in [0.2, 0.25) is 23.6 Å². The van der Waals surface area contributed by atoms with Crippen molar-refractivity contribution >= 4 is 23.6 Å². The minimum absolute atomic E-state index is 0.0275. The fourth-order valence-corrected chi connectivity index (χ4v) is 8.43. The van der Waals surface area contributed by atoms with Gasteiger partial charge in [0.1, 0.15) is 12.1 Å². The molecule has 0 saturated carbocycles. The second kappa shape index (κ2) is 16.5. The summed E-state index contributed by atoms with van der Waals surface area (Å²) in [7, 11) is 1.78. The van der Waals surface area contributed by atoms with Crippen LogP contribution in [0.25, 0.3) is 0 Å². The van der Waals surface area contributed by atoms with Crippen molar-refractivity contribution in [2.45, 2.75) is 149 Å². The third kappa shape index (κ3) is 9.01. The van der Waals surface area contributed by atoms with Crippen molar-refractivity contribution in [3.05, 3.63) is 11.6 Å². The molecule has 48 heavy (non-hydrogen) atoms. The van der Waals surface area contributed by atoms with Crippen LogP contribution in [0.15, 0.2) is 11.6 Å². The van der Waals surface area contributed by atoms with Crippen LogP contribution in [0.5, 0.6) is 0 Å². The number of hydrogen-bond donors (Lipinski definition) is 1. The van der Waals surface area contributed by atoms with E-state index in [4.69, 9.17) is 0 Å². The van der Waals surface area contributed by atoms with Crippen molar-refractivity contribution < 1.29 is 19.2 Å². The van der Waals surface area contributed by atoms with Crippen LogP contribution in [0.2, 0.25) is 0 Å². The molecule has 10 nitrogen and oxygen atoms in total. The first-order valence-electron chi connectivity index (χ1n) is 19.0. The molecule has 0 radical (unpaired) electrons. The zero-order valence-corrected chi connectivity index (χ0v) is 31.6. The second-order valence-electron chi connectivity index (χ2n) is 16.7. The molecule has 4 aliphatic rings. The molecule has 4 saturated heterocycles. The van der Waals surface area contributed by atoms with Crippen LogP contribution in [0.3, 0.4) is 0 Å². The molecule has 4 fully saturated rings. The van der Waals surface area contributed by atoms with Gasteiger partial charge < -0.3 is 24.9 Å². The molecule has 5 atom stereocenters. The standard InChI is InChI=1S/C38H66N6O4/c1-26(2)32(40(9)37(48)33(38(6,7)8)39-34(45)30-17-10-11-21-42(30)27(3)4)24-28(5)35(46)44-23-15-18-31(44)36(47)43-22-14-16-29(43)25-41-19-12-13-20-41/h24,26-27,29-33H,10-23,25H2,1-9H3,(H,39,45)/t29-,30+,31-,32+,33+/m0/s1. The van der Waals surface area contributed by atoms with Crippen LogP contribution >= 0.6 is 0 Å². The molecule has 0 unspecified atom stereocenters. The predicted octanol–water partition coefficient (Wildman–Crippen LogP) is 4.29. The lowest BCUT2D eigenvalue weighted by molar-refractivity contribution is -0.143. The molecule has 0 aromatic heterocycles. The maximum atomic E-state index is 14.2. The molecule has 4 heterocycles. The van der Waals surface area contributed by atoms with Gasteiger partial charge in [-0.05, 0) is 103 Å². The van der Waals surface area contributed by atoms with E-state index in [0.29, 0.717) is 18.5 Å². The van der Waals surface area contributed by atoms with Crippen molar-refractivity contribution in [1.82, 2.24) is 29.8 Å². The Morgan fingerprint density at radius 1 is 0.812 bits per heavy atom. The molecule has 0 spiro atoms. The fraction of sp³-hybridized carbons (Fsp3) is 0.842. The summed E-state index contributed by atoms with van der Waals surface area (Å²) in [5.41, 5.74) is 0.0361. The molecule has 272 valence electrons. The topological polar surface area (TPSA) is 96.5 Å². The molecule has 4 rings (SSSR count). The number of amides is 4. The quantitative estimate of drug-likeness (QED) is 0.330. The van der Waals surface area contributed by atoms with E-state index in [0.717, 1.165) is 71.2 Å². The number of hydrogen-bond acceptors (Lipinski definition) is 6. The molecule has 10 heteroatoms. The van der Waals surface area contributed by atoms with Crippen LogP contribution in [0, 0.1) is 11.3 Å². The maximum Gasteiger partial charge on any atom is 0.249 e. The predicted molar refractivity (Wildman–Crippen MR) is 191 cm³/mol. The van der Waals surface area contributed by atoms with Crippen LogP contribution in [0.1, 0.15) is 113 Å². The Morgan fingerprint density at radius 2 is 1.42 bits per heavy atom. The SMILES string of the molecule is CC(=C[C@H](C(C)C)N(C)C(=O)[C@@H](NC(=O)[C@H]1CCCCN1C(C)C)C(C)(C)C)C(=O)N1CCC[C@H]1C(=O)N1CCC[C@H]1CN1CCCC1. The van der Waals surface area contributed by atoms with E-state index >= 15 is 0 Å². The Bertz CT molecular complexity index is 1170. The number of nitrogens with zero attached hydrogens (tertiary/aromatic N) is 5. The number of carbonyl (C=O) groups excluding carboxylic acids is 4. The molecule has 0 aromatic rings. The largest absolute Gasteiger partial charge is 0.342 e.